The molecule has 1 aromatic carbocycles. The highest BCUT2D eigenvalue weighted by Crippen LogP contribution is 2.30. The Kier molecular flexibility index (Phi) is 21.4. The Morgan fingerprint density at radius 2 is 1.76 bits per heavy atom. The molecule has 0 radical (unpaired) electrons. The van der Waals surface area contributed by atoms with Gasteiger partial charge in [0, 0.05) is 37.1 Å². The number of nitriles is 1. The lowest BCUT2D eigenvalue weighted by Gasteiger charge is -2.14. The second-order valence-corrected chi connectivity index (χ2v) is 7.87. The van der Waals surface area contributed by atoms with Gasteiger partial charge >= 0.3 is 0 Å². The Hall–Kier alpha value is -2.35. The van der Waals surface area contributed by atoms with E-state index in [0.29, 0.717) is 5.57 Å². The van der Waals surface area contributed by atoms with Crippen LogP contribution in [0.5, 0.6) is 0 Å². The predicted molar refractivity (Wildman–Crippen MR) is 146 cm³/mol. The van der Waals surface area contributed by atoms with E-state index in [0.717, 1.165) is 67.6 Å². The first kappa shape index (κ1) is 32.8. The predicted octanol–water partition coefficient (Wildman–Crippen LogP) is 7.97. The maximum absolute atomic E-state index is 8.89. The minimum atomic E-state index is 0.674. The fourth-order valence-corrected chi connectivity index (χ4v) is 2.68. The number of rotatable bonds is 12. The van der Waals surface area contributed by atoms with E-state index in [9.17, 15) is 0 Å². The summed E-state index contributed by atoms with van der Waals surface area (Å²) in [5.74, 6) is 0.738. The molecule has 33 heavy (non-hydrogen) atoms. The topological polar surface area (TPSA) is 54.3 Å². The molecule has 0 aliphatic rings. The molecule has 0 fully saturated rings. The van der Waals surface area contributed by atoms with Crippen molar-refractivity contribution in [2.24, 2.45) is 5.92 Å². The molecule has 0 saturated heterocycles. The molecule has 1 aromatic rings. The van der Waals surface area contributed by atoms with Crippen LogP contribution in [0.15, 0.2) is 48.1 Å². The summed E-state index contributed by atoms with van der Waals surface area (Å²) in [6.45, 7) is 23.7. The number of hydrogen-bond donors (Lipinski definition) is 1. The normalized spacial score (nSPS) is 11.1. The average Bonchev–Trinajstić information content (AvgIpc) is 2.82. The first-order valence-corrected chi connectivity index (χ1v) is 12.2. The Morgan fingerprint density at radius 1 is 1.15 bits per heavy atom. The minimum Gasteiger partial charge on any atom is -0.388 e. The average molecular weight is 457 g/mol. The fourth-order valence-electron chi connectivity index (χ4n) is 2.68. The molecule has 0 aliphatic heterocycles. The van der Waals surface area contributed by atoms with Crippen LogP contribution in [-0.2, 0) is 9.47 Å². The highest BCUT2D eigenvalue weighted by Gasteiger charge is 2.08. The molecule has 1 N–H and O–H groups in total. The van der Waals surface area contributed by atoms with Gasteiger partial charge in [-0.15, -0.1) is 0 Å². The molecule has 0 aliphatic carbocycles. The minimum absolute atomic E-state index is 0.674. The molecule has 1 rings (SSSR count). The molecule has 0 atom stereocenters. The van der Waals surface area contributed by atoms with E-state index in [1.54, 1.807) is 6.92 Å². The molecule has 4 nitrogen and oxygen atoms in total. The zero-order valence-electron chi connectivity index (χ0n) is 22.7. The van der Waals surface area contributed by atoms with E-state index >= 15 is 0 Å². The van der Waals surface area contributed by atoms with Crippen molar-refractivity contribution in [3.8, 4) is 6.07 Å². The van der Waals surface area contributed by atoms with Crippen molar-refractivity contribution >= 4 is 11.3 Å². The van der Waals surface area contributed by atoms with Gasteiger partial charge in [-0.05, 0) is 68.9 Å². The molecule has 0 heterocycles. The van der Waals surface area contributed by atoms with Crippen molar-refractivity contribution in [1.82, 2.24) is 0 Å². The lowest BCUT2D eigenvalue weighted by atomic mass is 9.95. The van der Waals surface area contributed by atoms with Crippen LogP contribution in [0.3, 0.4) is 0 Å². The number of benzene rings is 1. The summed E-state index contributed by atoms with van der Waals surface area (Å²) >= 11 is 0. The lowest BCUT2D eigenvalue weighted by molar-refractivity contribution is 0.0442. The summed E-state index contributed by atoms with van der Waals surface area (Å²) in [4.78, 5) is 0. The smallest absolute Gasteiger partial charge is 0.0944 e. The number of ether oxygens (including phenoxy) is 2. The zero-order valence-corrected chi connectivity index (χ0v) is 22.7. The van der Waals surface area contributed by atoms with Gasteiger partial charge in [0.15, 0.2) is 0 Å². The van der Waals surface area contributed by atoms with Crippen LogP contribution in [0.1, 0.15) is 72.4 Å². The van der Waals surface area contributed by atoms with Gasteiger partial charge in [-0.25, -0.2) is 0 Å². The summed E-state index contributed by atoms with van der Waals surface area (Å²) in [6, 6.07) is 8.35. The molecule has 0 bridgehead atoms. The van der Waals surface area contributed by atoms with Crippen LogP contribution in [-0.4, -0.2) is 33.5 Å². The van der Waals surface area contributed by atoms with Gasteiger partial charge in [-0.1, -0.05) is 58.9 Å². The summed E-state index contributed by atoms with van der Waals surface area (Å²) in [5, 5.41) is 12.1. The number of allylic oxidation sites excluding steroid dienone is 5. The monoisotopic (exact) mass is 456 g/mol. The highest BCUT2D eigenvalue weighted by molar-refractivity contribution is 5.86. The summed E-state index contributed by atoms with van der Waals surface area (Å²) in [7, 11) is 1.90. The van der Waals surface area contributed by atoms with Crippen molar-refractivity contribution in [2.45, 2.75) is 68.2 Å². The third kappa shape index (κ3) is 16.0. The Bertz CT molecular complexity index is 755. The molecule has 0 spiro atoms. The van der Waals surface area contributed by atoms with Gasteiger partial charge < -0.3 is 14.8 Å². The van der Waals surface area contributed by atoms with Crippen LogP contribution < -0.4 is 5.32 Å². The second kappa shape index (κ2) is 21.5. The van der Waals surface area contributed by atoms with Crippen molar-refractivity contribution in [3.63, 3.8) is 0 Å². The largest absolute Gasteiger partial charge is 0.388 e. The third-order valence-corrected chi connectivity index (χ3v) is 4.54. The van der Waals surface area contributed by atoms with E-state index < -0.39 is 0 Å². The van der Waals surface area contributed by atoms with Gasteiger partial charge in [0.05, 0.1) is 19.3 Å². The molecule has 0 aromatic heterocycles. The number of nitrogens with zero attached hydrogens (tertiary/aromatic N) is 1. The zero-order chi connectivity index (χ0) is 25.6. The maximum atomic E-state index is 8.89. The number of aryl methyl sites for hydroxylation is 1. The van der Waals surface area contributed by atoms with E-state index in [2.05, 4.69) is 57.8 Å². The van der Waals surface area contributed by atoms with Gasteiger partial charge in [-0.3, -0.25) is 0 Å². The first-order valence-electron chi connectivity index (χ1n) is 12.2. The summed E-state index contributed by atoms with van der Waals surface area (Å²) in [5.41, 5.74) is 5.86. The first-order chi connectivity index (χ1) is 15.8. The molecule has 186 valence electrons. The highest BCUT2D eigenvalue weighted by atomic mass is 16.5. The van der Waals surface area contributed by atoms with Crippen LogP contribution >= 0.6 is 0 Å². The van der Waals surface area contributed by atoms with Gasteiger partial charge in [0.1, 0.15) is 0 Å². The Morgan fingerprint density at radius 3 is 2.24 bits per heavy atom. The van der Waals surface area contributed by atoms with Crippen molar-refractivity contribution in [2.75, 3.05) is 38.8 Å². The van der Waals surface area contributed by atoms with E-state index in [4.69, 9.17) is 14.7 Å². The Labute approximate surface area is 204 Å². The number of nitrogens with one attached hydrogen (secondary N) is 1. The summed E-state index contributed by atoms with van der Waals surface area (Å²) < 4.78 is 10.6. The molecule has 0 amide bonds. The number of anilines is 1. The van der Waals surface area contributed by atoms with Gasteiger partial charge in [-0.2, -0.15) is 5.26 Å². The SMILES string of the molecule is C=C(C(/C=C(\C)C#N)=C/C)c1cc(C)ccc1NC.CC.CCCOCCOCCC(C)C. The van der Waals surface area contributed by atoms with Crippen LogP contribution in [0.2, 0.25) is 0 Å². The molecule has 4 heteroatoms. The van der Waals surface area contributed by atoms with Gasteiger partial charge in [0.2, 0.25) is 0 Å². The second-order valence-electron chi connectivity index (χ2n) is 7.87. The summed E-state index contributed by atoms with van der Waals surface area (Å²) in [6.07, 6.45) is 6.08. The van der Waals surface area contributed by atoms with Crippen molar-refractivity contribution in [1.29, 1.82) is 5.26 Å². The Balaban J connectivity index is 0. The van der Waals surface area contributed by atoms with E-state index in [1.807, 2.05) is 46.0 Å². The van der Waals surface area contributed by atoms with Gasteiger partial charge in [0.25, 0.3) is 0 Å². The maximum Gasteiger partial charge on any atom is 0.0944 e. The molecule has 0 unspecified atom stereocenters. The van der Waals surface area contributed by atoms with Crippen LogP contribution in [0.25, 0.3) is 5.57 Å². The van der Waals surface area contributed by atoms with E-state index in [-0.39, 0.29) is 0 Å². The van der Waals surface area contributed by atoms with Crippen molar-refractivity contribution in [3.05, 3.63) is 59.2 Å². The lowest BCUT2D eigenvalue weighted by Crippen LogP contribution is -2.06. The fraction of sp³-hybridized carbons (Fsp3) is 0.552. The standard InChI is InChI=1S/C17H20N2.C10H22O2.C2H6/c1-6-15(9-13(3)11-18)14(4)16-10-12(2)7-8-17(16)19-5;1-4-6-11-8-9-12-7-5-10(2)3;1-2/h6-10,19H,4H2,1-3,5H3;10H,4-9H2,1-3H3;1-2H3/b13-9+,15-6+;;. The number of hydrogen-bond acceptors (Lipinski definition) is 4. The molecular formula is C29H48N2O2. The van der Waals surface area contributed by atoms with E-state index in [1.165, 1.54) is 5.56 Å². The van der Waals surface area contributed by atoms with Crippen molar-refractivity contribution < 1.29 is 9.47 Å². The van der Waals surface area contributed by atoms with Crippen LogP contribution in [0, 0.1) is 24.2 Å². The molecule has 0 saturated carbocycles. The molecular weight excluding hydrogens is 408 g/mol. The quantitative estimate of drug-likeness (QED) is 0.197. The third-order valence-electron chi connectivity index (χ3n) is 4.54. The van der Waals surface area contributed by atoms with Crippen LogP contribution in [0.4, 0.5) is 5.69 Å².